The van der Waals surface area contributed by atoms with Gasteiger partial charge in [0.1, 0.15) is 6.42 Å². The Morgan fingerprint density at radius 3 is 1.89 bits per heavy atom. The Morgan fingerprint density at radius 2 is 1.39 bits per heavy atom. The monoisotopic (exact) mass is 509 g/mol. The van der Waals surface area contributed by atoms with Crippen molar-refractivity contribution < 1.29 is 42.9 Å². The molecular formula is C26H39NO9. The summed E-state index contributed by atoms with van der Waals surface area (Å²) in [5.74, 6) is -3.03. The molecule has 202 valence electrons. The normalized spacial score (nSPS) is 15.3. The van der Waals surface area contributed by atoms with Crippen molar-refractivity contribution in [2.45, 2.75) is 53.1 Å². The van der Waals surface area contributed by atoms with Gasteiger partial charge in [0.05, 0.1) is 39.6 Å². The summed E-state index contributed by atoms with van der Waals surface area (Å²) < 4.78 is 24.8. The van der Waals surface area contributed by atoms with Gasteiger partial charge in [0.2, 0.25) is 0 Å². The van der Waals surface area contributed by atoms with Crippen molar-refractivity contribution in [2.75, 3.05) is 46.2 Å². The van der Waals surface area contributed by atoms with Crippen LogP contribution in [-0.2, 0) is 49.4 Å². The molecule has 2 rings (SSSR count). The second kappa shape index (κ2) is 18.3. The van der Waals surface area contributed by atoms with Gasteiger partial charge in [-0.3, -0.25) is 24.1 Å². The first kappa shape index (κ1) is 31.1. The van der Waals surface area contributed by atoms with E-state index in [-0.39, 0.29) is 38.9 Å². The molecular weight excluding hydrogens is 470 g/mol. The molecule has 10 heteroatoms. The third kappa shape index (κ3) is 12.1. The number of esters is 4. The maximum absolute atomic E-state index is 12.2. The summed E-state index contributed by atoms with van der Waals surface area (Å²) in [7, 11) is 0. The Kier molecular flexibility index (Phi) is 15.8. The lowest BCUT2D eigenvalue weighted by atomic mass is 9.98. The zero-order valence-corrected chi connectivity index (χ0v) is 21.7. The smallest absolute Gasteiger partial charge is 0.320 e. The number of benzene rings is 1. The van der Waals surface area contributed by atoms with Crippen molar-refractivity contribution in [3.63, 3.8) is 0 Å². The maximum Gasteiger partial charge on any atom is 0.320 e. The SMILES string of the molecule is CCOC(=O)C(CC1COCCN1Cc1ccccc1)C(=O)OCC.CCOC(=O)CC(=O)OCC. The molecule has 0 amide bonds. The van der Waals surface area contributed by atoms with Crippen LogP contribution in [0, 0.1) is 5.92 Å². The zero-order chi connectivity index (χ0) is 26.8. The molecule has 0 aliphatic carbocycles. The lowest BCUT2D eigenvalue weighted by Gasteiger charge is -2.36. The molecule has 1 saturated heterocycles. The molecule has 36 heavy (non-hydrogen) atoms. The first-order valence-corrected chi connectivity index (χ1v) is 12.4. The molecule has 0 saturated carbocycles. The summed E-state index contributed by atoms with van der Waals surface area (Å²) in [5, 5.41) is 0. The molecule has 1 atom stereocenters. The van der Waals surface area contributed by atoms with E-state index in [2.05, 4.69) is 26.5 Å². The minimum atomic E-state index is -0.912. The Balaban J connectivity index is 0.000000497. The summed E-state index contributed by atoms with van der Waals surface area (Å²) in [5.41, 5.74) is 1.19. The van der Waals surface area contributed by atoms with E-state index in [9.17, 15) is 19.2 Å². The van der Waals surface area contributed by atoms with Gasteiger partial charge in [-0.25, -0.2) is 0 Å². The molecule has 1 fully saturated rings. The summed E-state index contributed by atoms with van der Waals surface area (Å²) in [6, 6.07) is 10.1. The molecule has 0 aromatic heterocycles. The predicted molar refractivity (Wildman–Crippen MR) is 131 cm³/mol. The van der Waals surface area contributed by atoms with E-state index in [0.717, 1.165) is 13.1 Å². The molecule has 0 spiro atoms. The lowest BCUT2D eigenvalue weighted by Crippen LogP contribution is -2.47. The van der Waals surface area contributed by atoms with Crippen LogP contribution < -0.4 is 0 Å². The highest BCUT2D eigenvalue weighted by Crippen LogP contribution is 2.21. The van der Waals surface area contributed by atoms with Gasteiger partial charge in [0.25, 0.3) is 0 Å². The number of nitrogens with zero attached hydrogens (tertiary/aromatic N) is 1. The second-order valence-corrected chi connectivity index (χ2v) is 7.76. The van der Waals surface area contributed by atoms with Crippen molar-refractivity contribution in [1.29, 1.82) is 0 Å². The second-order valence-electron chi connectivity index (χ2n) is 7.76. The van der Waals surface area contributed by atoms with E-state index < -0.39 is 29.8 Å². The highest BCUT2D eigenvalue weighted by molar-refractivity contribution is 5.95. The molecule has 10 nitrogen and oxygen atoms in total. The highest BCUT2D eigenvalue weighted by Gasteiger charge is 2.35. The van der Waals surface area contributed by atoms with Crippen LogP contribution in [0.4, 0.5) is 0 Å². The topological polar surface area (TPSA) is 118 Å². The van der Waals surface area contributed by atoms with Gasteiger partial charge in [0.15, 0.2) is 5.92 Å². The number of carbonyl (C=O) groups excluding carboxylic acids is 4. The summed E-state index contributed by atoms with van der Waals surface area (Å²) >= 11 is 0. The van der Waals surface area contributed by atoms with Gasteiger partial charge in [-0.15, -0.1) is 0 Å². The van der Waals surface area contributed by atoms with Crippen molar-refractivity contribution in [3.05, 3.63) is 35.9 Å². The van der Waals surface area contributed by atoms with Crippen LogP contribution in [0.25, 0.3) is 0 Å². The van der Waals surface area contributed by atoms with Crippen LogP contribution in [0.1, 0.15) is 46.1 Å². The number of hydrogen-bond acceptors (Lipinski definition) is 10. The Hall–Kier alpha value is -2.98. The molecule has 1 unspecified atom stereocenters. The van der Waals surface area contributed by atoms with Crippen LogP contribution in [0.5, 0.6) is 0 Å². The zero-order valence-electron chi connectivity index (χ0n) is 21.7. The van der Waals surface area contributed by atoms with Gasteiger partial charge in [-0.05, 0) is 39.7 Å². The van der Waals surface area contributed by atoms with Crippen LogP contribution in [0.2, 0.25) is 0 Å². The van der Waals surface area contributed by atoms with E-state index >= 15 is 0 Å². The Bertz CT molecular complexity index is 766. The predicted octanol–water partition coefficient (Wildman–Crippen LogP) is 2.52. The Morgan fingerprint density at radius 1 is 0.861 bits per heavy atom. The number of ether oxygens (including phenoxy) is 5. The number of carbonyl (C=O) groups is 4. The van der Waals surface area contributed by atoms with Gasteiger partial charge in [-0.2, -0.15) is 0 Å². The first-order chi connectivity index (χ1) is 17.4. The van der Waals surface area contributed by atoms with Crippen LogP contribution in [0.15, 0.2) is 30.3 Å². The fraction of sp³-hybridized carbons (Fsp3) is 0.615. The molecule has 1 aliphatic rings. The quantitative estimate of drug-likeness (QED) is 0.236. The standard InChI is InChI=1S/C19H27NO5.C7H12O4/c1-3-24-18(21)17(19(22)25-4-2)12-16-14-23-11-10-20(16)13-15-8-6-5-7-9-15;1-3-10-6(8)5-7(9)11-4-2/h5-9,16-17H,3-4,10-14H2,1-2H3;3-5H2,1-2H3. The average Bonchev–Trinajstić information content (AvgIpc) is 2.85. The fourth-order valence-corrected chi connectivity index (χ4v) is 3.52. The lowest BCUT2D eigenvalue weighted by molar-refractivity contribution is -0.163. The summed E-state index contributed by atoms with van der Waals surface area (Å²) in [6.07, 6.45) is 0.0478. The molecule has 0 bridgehead atoms. The third-order valence-electron chi connectivity index (χ3n) is 5.13. The van der Waals surface area contributed by atoms with Crippen LogP contribution >= 0.6 is 0 Å². The summed E-state index contributed by atoms with van der Waals surface area (Å²) in [6.45, 7) is 10.5. The molecule has 0 N–H and O–H groups in total. The number of rotatable bonds is 12. The van der Waals surface area contributed by atoms with E-state index in [4.69, 9.17) is 14.2 Å². The van der Waals surface area contributed by atoms with Crippen molar-refractivity contribution in [2.24, 2.45) is 5.92 Å². The molecule has 1 heterocycles. The van der Waals surface area contributed by atoms with Gasteiger partial charge < -0.3 is 23.7 Å². The van der Waals surface area contributed by atoms with Crippen LogP contribution in [0.3, 0.4) is 0 Å². The van der Waals surface area contributed by atoms with Crippen molar-refractivity contribution in [1.82, 2.24) is 4.90 Å². The van der Waals surface area contributed by atoms with Gasteiger partial charge in [0, 0.05) is 19.1 Å². The number of hydrogen-bond donors (Lipinski definition) is 0. The third-order valence-corrected chi connectivity index (χ3v) is 5.13. The fourth-order valence-electron chi connectivity index (χ4n) is 3.52. The van der Waals surface area contributed by atoms with E-state index in [1.807, 2.05) is 18.2 Å². The maximum atomic E-state index is 12.2. The molecule has 1 aromatic rings. The number of morpholine rings is 1. The highest BCUT2D eigenvalue weighted by atomic mass is 16.6. The summed E-state index contributed by atoms with van der Waals surface area (Å²) in [4.78, 5) is 47.9. The van der Waals surface area contributed by atoms with Crippen molar-refractivity contribution in [3.8, 4) is 0 Å². The van der Waals surface area contributed by atoms with Crippen molar-refractivity contribution >= 4 is 23.9 Å². The van der Waals surface area contributed by atoms with Gasteiger partial charge >= 0.3 is 23.9 Å². The first-order valence-electron chi connectivity index (χ1n) is 12.4. The Labute approximate surface area is 213 Å². The van der Waals surface area contributed by atoms with E-state index in [0.29, 0.717) is 19.6 Å². The van der Waals surface area contributed by atoms with E-state index in [1.165, 1.54) is 5.56 Å². The molecule has 0 radical (unpaired) electrons. The molecule has 1 aromatic carbocycles. The molecule has 1 aliphatic heterocycles. The van der Waals surface area contributed by atoms with E-state index in [1.54, 1.807) is 27.7 Å². The minimum Gasteiger partial charge on any atom is -0.466 e. The van der Waals surface area contributed by atoms with Crippen LogP contribution in [-0.4, -0.2) is 81.0 Å². The average molecular weight is 510 g/mol. The largest absolute Gasteiger partial charge is 0.466 e. The minimum absolute atomic E-state index is 0.0345. The van der Waals surface area contributed by atoms with Gasteiger partial charge in [-0.1, -0.05) is 30.3 Å².